The fraction of sp³-hybridized carbons (Fsp3) is 0.267. The van der Waals surface area contributed by atoms with Crippen LogP contribution in [0.25, 0.3) is 0 Å². The molecule has 1 heterocycles. The van der Waals surface area contributed by atoms with E-state index in [9.17, 15) is 5.11 Å². The minimum atomic E-state index is -1.02. The number of methoxy groups -OCH3 is 1. The summed E-state index contributed by atoms with van der Waals surface area (Å²) in [5.74, 6) is 1.03. The minimum absolute atomic E-state index is 0. The van der Waals surface area contributed by atoms with Gasteiger partial charge in [-0.2, -0.15) is 11.3 Å². The number of halogens is 1. The molecule has 1 unspecified atom stereocenters. The molecule has 0 aliphatic rings. The number of hydrogen-bond donors (Lipinski definition) is 3. The van der Waals surface area contributed by atoms with E-state index in [1.807, 2.05) is 41.1 Å². The van der Waals surface area contributed by atoms with Gasteiger partial charge in [-0.3, -0.25) is 0 Å². The minimum Gasteiger partial charge on any atom is -0.497 e. The lowest BCUT2D eigenvalue weighted by Crippen LogP contribution is -2.29. The van der Waals surface area contributed by atoms with Crippen molar-refractivity contribution in [3.05, 3.63) is 46.7 Å². The first-order valence-electron chi connectivity index (χ1n) is 6.47. The summed E-state index contributed by atoms with van der Waals surface area (Å²) in [6.07, 6.45) is 0. The molecule has 0 spiro atoms. The van der Waals surface area contributed by atoms with Crippen molar-refractivity contribution in [3.8, 4) is 5.75 Å². The topological polar surface area (TPSA) is 79.9 Å². The lowest BCUT2D eigenvalue weighted by molar-refractivity contribution is 0.0678. The second kappa shape index (κ2) is 8.35. The molecule has 0 saturated heterocycles. The average molecular weight is 433 g/mol. The van der Waals surface area contributed by atoms with Gasteiger partial charge in [0.05, 0.1) is 13.7 Å². The third-order valence-electron chi connectivity index (χ3n) is 3.06. The van der Waals surface area contributed by atoms with Gasteiger partial charge in [-0.15, -0.1) is 24.0 Å². The summed E-state index contributed by atoms with van der Waals surface area (Å²) in [7, 11) is 1.62. The maximum Gasteiger partial charge on any atom is 0.193 e. The lowest BCUT2D eigenvalue weighted by atomic mass is 10.00. The van der Waals surface area contributed by atoms with Crippen LogP contribution in [0.5, 0.6) is 5.75 Å². The van der Waals surface area contributed by atoms with Crippen molar-refractivity contribution in [2.75, 3.05) is 19.0 Å². The normalized spacial score (nSPS) is 13.9. The van der Waals surface area contributed by atoms with Gasteiger partial charge in [0.15, 0.2) is 5.96 Å². The molecule has 7 heteroatoms. The second-order valence-corrected chi connectivity index (χ2v) is 5.62. The first kappa shape index (κ1) is 18.7. The van der Waals surface area contributed by atoms with Crippen LogP contribution < -0.4 is 15.8 Å². The predicted molar refractivity (Wildman–Crippen MR) is 102 cm³/mol. The van der Waals surface area contributed by atoms with Gasteiger partial charge < -0.3 is 20.9 Å². The van der Waals surface area contributed by atoms with E-state index in [0.29, 0.717) is 0 Å². The van der Waals surface area contributed by atoms with E-state index in [4.69, 9.17) is 10.5 Å². The molecule has 2 rings (SSSR count). The molecule has 0 saturated carbocycles. The number of ether oxygens (including phenoxy) is 1. The Bertz CT molecular complexity index is 598. The zero-order valence-electron chi connectivity index (χ0n) is 12.4. The third-order valence-corrected chi connectivity index (χ3v) is 3.75. The molecule has 2 aromatic rings. The molecule has 0 fully saturated rings. The van der Waals surface area contributed by atoms with Gasteiger partial charge in [0, 0.05) is 5.69 Å². The number of rotatable bonds is 5. The molecule has 0 radical (unpaired) electrons. The molecule has 0 aliphatic carbocycles. The average Bonchev–Trinajstić information content (AvgIpc) is 3.01. The molecule has 1 atom stereocenters. The van der Waals surface area contributed by atoms with Crippen LogP contribution in [0.1, 0.15) is 12.5 Å². The first-order chi connectivity index (χ1) is 10.0. The number of benzene rings is 1. The van der Waals surface area contributed by atoms with Crippen LogP contribution in [0.2, 0.25) is 0 Å². The summed E-state index contributed by atoms with van der Waals surface area (Å²) < 4.78 is 5.09. The molecule has 1 aromatic heterocycles. The molecule has 120 valence electrons. The van der Waals surface area contributed by atoms with Crippen LogP contribution in [0, 0.1) is 0 Å². The molecular weight excluding hydrogens is 413 g/mol. The summed E-state index contributed by atoms with van der Waals surface area (Å²) in [5, 5.41) is 17.2. The van der Waals surface area contributed by atoms with Gasteiger partial charge in [0.25, 0.3) is 0 Å². The Morgan fingerprint density at radius 2 is 2.05 bits per heavy atom. The Morgan fingerprint density at radius 3 is 2.59 bits per heavy atom. The summed E-state index contributed by atoms with van der Waals surface area (Å²) in [5.41, 5.74) is 6.47. The van der Waals surface area contributed by atoms with Crippen LogP contribution in [-0.4, -0.2) is 24.7 Å². The predicted octanol–water partition coefficient (Wildman–Crippen LogP) is 3.01. The summed E-state index contributed by atoms with van der Waals surface area (Å²) in [6.45, 7) is 1.91. The van der Waals surface area contributed by atoms with E-state index >= 15 is 0 Å². The number of anilines is 1. The molecule has 0 bridgehead atoms. The first-order valence-corrected chi connectivity index (χ1v) is 7.41. The Kier molecular flexibility index (Phi) is 7.11. The second-order valence-electron chi connectivity index (χ2n) is 4.84. The number of nitrogens with one attached hydrogen (secondary N) is 1. The lowest BCUT2D eigenvalue weighted by Gasteiger charge is -2.20. The summed E-state index contributed by atoms with van der Waals surface area (Å²) in [6, 6.07) is 9.23. The highest BCUT2D eigenvalue weighted by atomic mass is 127. The third kappa shape index (κ3) is 5.15. The van der Waals surface area contributed by atoms with E-state index in [2.05, 4.69) is 10.3 Å². The van der Waals surface area contributed by atoms with E-state index in [1.54, 1.807) is 14.0 Å². The molecule has 5 nitrogen and oxygen atoms in total. The van der Waals surface area contributed by atoms with Crippen LogP contribution in [0.4, 0.5) is 5.69 Å². The highest BCUT2D eigenvalue weighted by molar-refractivity contribution is 14.0. The van der Waals surface area contributed by atoms with Crippen molar-refractivity contribution < 1.29 is 9.84 Å². The largest absolute Gasteiger partial charge is 0.497 e. The van der Waals surface area contributed by atoms with Gasteiger partial charge in [-0.25, -0.2) is 4.99 Å². The van der Waals surface area contributed by atoms with Crippen LogP contribution >= 0.6 is 35.3 Å². The number of guanidine groups is 1. The maximum atomic E-state index is 10.4. The number of aliphatic imine (C=N–C) groups is 1. The SMILES string of the molecule is COc1ccc(NC(N)=NCC(C)(O)c2ccsc2)cc1.I. The number of aliphatic hydroxyl groups is 1. The van der Waals surface area contributed by atoms with E-state index in [0.717, 1.165) is 17.0 Å². The van der Waals surface area contributed by atoms with Gasteiger partial charge in [-0.1, -0.05) is 0 Å². The van der Waals surface area contributed by atoms with Crippen molar-refractivity contribution >= 4 is 47.0 Å². The Hall–Kier alpha value is -1.32. The summed E-state index contributed by atoms with van der Waals surface area (Å²) >= 11 is 1.54. The summed E-state index contributed by atoms with van der Waals surface area (Å²) in [4.78, 5) is 4.20. The van der Waals surface area contributed by atoms with E-state index < -0.39 is 5.60 Å². The van der Waals surface area contributed by atoms with Crippen molar-refractivity contribution in [1.29, 1.82) is 0 Å². The van der Waals surface area contributed by atoms with Gasteiger partial charge in [-0.05, 0) is 53.6 Å². The van der Waals surface area contributed by atoms with Gasteiger partial charge in [0.2, 0.25) is 0 Å². The number of thiophene rings is 1. The highest BCUT2D eigenvalue weighted by Gasteiger charge is 2.23. The molecular formula is C15H20IN3O2S. The molecule has 0 aliphatic heterocycles. The molecule has 22 heavy (non-hydrogen) atoms. The van der Waals surface area contributed by atoms with Crippen molar-refractivity contribution in [3.63, 3.8) is 0 Å². The van der Waals surface area contributed by atoms with Crippen LogP contribution in [0.15, 0.2) is 46.1 Å². The Balaban J connectivity index is 0.00000242. The Morgan fingerprint density at radius 1 is 1.36 bits per heavy atom. The highest BCUT2D eigenvalue weighted by Crippen LogP contribution is 2.23. The molecule has 4 N–H and O–H groups in total. The van der Waals surface area contributed by atoms with Crippen molar-refractivity contribution in [1.82, 2.24) is 0 Å². The van der Waals surface area contributed by atoms with Crippen molar-refractivity contribution in [2.24, 2.45) is 10.7 Å². The standard InChI is InChI=1S/C15H19N3O2S.HI/c1-15(19,11-7-8-21-9-11)10-17-14(16)18-12-3-5-13(20-2)6-4-12;/h3-9,19H,10H2,1-2H3,(H3,16,17,18);1H. The monoisotopic (exact) mass is 433 g/mol. The van der Waals surface area contributed by atoms with E-state index in [1.165, 1.54) is 11.3 Å². The van der Waals surface area contributed by atoms with E-state index in [-0.39, 0.29) is 36.5 Å². The Labute approximate surface area is 151 Å². The quantitative estimate of drug-likeness (QED) is 0.385. The fourth-order valence-corrected chi connectivity index (χ4v) is 2.55. The number of hydrogen-bond acceptors (Lipinski definition) is 4. The molecule has 1 aromatic carbocycles. The zero-order valence-corrected chi connectivity index (χ0v) is 15.6. The number of nitrogens with zero attached hydrogens (tertiary/aromatic N) is 1. The van der Waals surface area contributed by atoms with Crippen molar-refractivity contribution in [2.45, 2.75) is 12.5 Å². The smallest absolute Gasteiger partial charge is 0.193 e. The van der Waals surface area contributed by atoms with Gasteiger partial charge >= 0.3 is 0 Å². The maximum absolute atomic E-state index is 10.4. The number of nitrogens with two attached hydrogens (primary N) is 1. The van der Waals surface area contributed by atoms with Crippen LogP contribution in [0.3, 0.4) is 0 Å². The van der Waals surface area contributed by atoms with Gasteiger partial charge in [0.1, 0.15) is 11.4 Å². The molecule has 0 amide bonds. The zero-order chi connectivity index (χ0) is 15.3. The van der Waals surface area contributed by atoms with Crippen LogP contribution in [-0.2, 0) is 5.60 Å². The fourth-order valence-electron chi connectivity index (χ4n) is 1.76.